The van der Waals surface area contributed by atoms with E-state index in [0.717, 1.165) is 5.56 Å². The Labute approximate surface area is 142 Å². The first kappa shape index (κ1) is 15.6. The second-order valence-electron chi connectivity index (χ2n) is 7.45. The van der Waals surface area contributed by atoms with Gasteiger partial charge < -0.3 is 0 Å². The SMILES string of the molecule is O=[N+]([O-])c1ccc(C=N[C@@H]2[C@@H]3CCC[C@@H]2C2=C(CCCC2)C3)cc1. The molecule has 1 aromatic rings. The topological polar surface area (TPSA) is 55.5 Å². The van der Waals surface area contributed by atoms with Gasteiger partial charge in [-0.3, -0.25) is 15.1 Å². The van der Waals surface area contributed by atoms with Gasteiger partial charge in [-0.25, -0.2) is 0 Å². The highest BCUT2D eigenvalue weighted by Gasteiger charge is 2.40. The van der Waals surface area contributed by atoms with Crippen LogP contribution in [0.3, 0.4) is 0 Å². The summed E-state index contributed by atoms with van der Waals surface area (Å²) in [6, 6.07) is 7.14. The van der Waals surface area contributed by atoms with E-state index in [1.165, 1.54) is 51.4 Å². The van der Waals surface area contributed by atoms with Crippen molar-refractivity contribution >= 4 is 11.9 Å². The van der Waals surface area contributed by atoms with Gasteiger partial charge in [0, 0.05) is 24.3 Å². The number of fused-ring (bicyclic) bond motifs is 3. The van der Waals surface area contributed by atoms with Crippen LogP contribution in [0.4, 0.5) is 5.69 Å². The minimum absolute atomic E-state index is 0.138. The Balaban J connectivity index is 1.55. The third kappa shape index (κ3) is 2.90. The highest BCUT2D eigenvalue weighted by Crippen LogP contribution is 2.49. The second-order valence-corrected chi connectivity index (χ2v) is 7.45. The van der Waals surface area contributed by atoms with Crippen molar-refractivity contribution in [2.75, 3.05) is 0 Å². The molecule has 1 fully saturated rings. The van der Waals surface area contributed by atoms with E-state index in [-0.39, 0.29) is 10.6 Å². The standard InChI is InChI=1S/C20H24N2O2/c23-22(24)17-10-8-14(9-11-17)13-21-20-16-5-3-7-19(20)18-6-2-1-4-15(18)12-16/h8-11,13,16,19-20H,1-7,12H2/t16-,19-,20-/m1/s1. The maximum atomic E-state index is 10.8. The number of allylic oxidation sites excluding steroid dienone is 1. The van der Waals surface area contributed by atoms with E-state index in [1.807, 2.05) is 6.21 Å². The number of benzene rings is 1. The first-order chi connectivity index (χ1) is 11.7. The Morgan fingerprint density at radius 1 is 1.08 bits per heavy atom. The van der Waals surface area contributed by atoms with E-state index in [4.69, 9.17) is 4.99 Å². The van der Waals surface area contributed by atoms with Crippen LogP contribution < -0.4 is 0 Å². The number of rotatable bonds is 3. The quantitative estimate of drug-likeness (QED) is 0.337. The van der Waals surface area contributed by atoms with Crippen molar-refractivity contribution in [1.82, 2.24) is 0 Å². The molecule has 3 atom stereocenters. The van der Waals surface area contributed by atoms with E-state index in [0.29, 0.717) is 17.9 Å². The molecule has 0 amide bonds. The van der Waals surface area contributed by atoms with Gasteiger partial charge in [-0.1, -0.05) is 17.6 Å². The van der Waals surface area contributed by atoms with Crippen LogP contribution in [0.15, 0.2) is 40.4 Å². The van der Waals surface area contributed by atoms with E-state index in [1.54, 1.807) is 35.4 Å². The Morgan fingerprint density at radius 2 is 1.88 bits per heavy atom. The molecule has 0 N–H and O–H groups in total. The van der Waals surface area contributed by atoms with E-state index in [2.05, 4.69) is 0 Å². The molecule has 3 aliphatic rings. The molecule has 1 saturated carbocycles. The van der Waals surface area contributed by atoms with Gasteiger partial charge in [-0.2, -0.15) is 0 Å². The van der Waals surface area contributed by atoms with Crippen LogP contribution in [-0.4, -0.2) is 17.2 Å². The number of nitro groups is 1. The van der Waals surface area contributed by atoms with Gasteiger partial charge in [0.05, 0.1) is 11.0 Å². The van der Waals surface area contributed by atoms with Crippen LogP contribution in [0.2, 0.25) is 0 Å². The lowest BCUT2D eigenvalue weighted by Crippen LogP contribution is -2.38. The zero-order chi connectivity index (χ0) is 16.5. The van der Waals surface area contributed by atoms with E-state index < -0.39 is 0 Å². The van der Waals surface area contributed by atoms with Crippen molar-refractivity contribution in [3.63, 3.8) is 0 Å². The lowest BCUT2D eigenvalue weighted by atomic mass is 9.63. The molecule has 24 heavy (non-hydrogen) atoms. The lowest BCUT2D eigenvalue weighted by molar-refractivity contribution is -0.384. The highest BCUT2D eigenvalue weighted by molar-refractivity contribution is 5.80. The van der Waals surface area contributed by atoms with Gasteiger partial charge in [0.15, 0.2) is 0 Å². The largest absolute Gasteiger partial charge is 0.288 e. The fraction of sp³-hybridized carbons (Fsp3) is 0.550. The van der Waals surface area contributed by atoms with Crippen LogP contribution >= 0.6 is 0 Å². The summed E-state index contributed by atoms with van der Waals surface area (Å²) in [5.74, 6) is 1.36. The molecule has 4 rings (SSSR count). The summed E-state index contributed by atoms with van der Waals surface area (Å²) in [6.07, 6.45) is 12.5. The van der Waals surface area contributed by atoms with Crippen LogP contribution in [0.25, 0.3) is 0 Å². The summed E-state index contributed by atoms with van der Waals surface area (Å²) < 4.78 is 0. The van der Waals surface area contributed by atoms with Crippen molar-refractivity contribution in [2.24, 2.45) is 16.8 Å². The normalized spacial score (nSPS) is 29.6. The summed E-state index contributed by atoms with van der Waals surface area (Å²) >= 11 is 0. The molecule has 0 heterocycles. The maximum Gasteiger partial charge on any atom is 0.269 e. The minimum atomic E-state index is -0.358. The second kappa shape index (κ2) is 6.50. The number of nitro benzene ring substituents is 1. The van der Waals surface area contributed by atoms with Gasteiger partial charge in [0.1, 0.15) is 0 Å². The zero-order valence-electron chi connectivity index (χ0n) is 14.0. The van der Waals surface area contributed by atoms with Gasteiger partial charge in [0.2, 0.25) is 0 Å². The van der Waals surface area contributed by atoms with Gasteiger partial charge in [0.25, 0.3) is 5.69 Å². The molecular formula is C20H24N2O2. The molecule has 1 aromatic carbocycles. The van der Waals surface area contributed by atoms with Crippen LogP contribution in [0, 0.1) is 22.0 Å². The highest BCUT2D eigenvalue weighted by atomic mass is 16.6. The lowest BCUT2D eigenvalue weighted by Gasteiger charge is -2.44. The molecule has 3 aliphatic carbocycles. The smallest absolute Gasteiger partial charge is 0.269 e. The van der Waals surface area contributed by atoms with Crippen molar-refractivity contribution in [1.29, 1.82) is 0 Å². The van der Waals surface area contributed by atoms with Crippen LogP contribution in [0.5, 0.6) is 0 Å². The zero-order valence-corrected chi connectivity index (χ0v) is 14.0. The van der Waals surface area contributed by atoms with Gasteiger partial charge >= 0.3 is 0 Å². The Kier molecular flexibility index (Phi) is 4.21. The fourth-order valence-corrected chi connectivity index (χ4v) is 4.94. The average molecular weight is 324 g/mol. The summed E-state index contributed by atoms with van der Waals surface area (Å²) in [4.78, 5) is 15.4. The molecular weight excluding hydrogens is 300 g/mol. The third-order valence-electron chi connectivity index (χ3n) is 6.07. The Bertz CT molecular complexity index is 690. The van der Waals surface area contributed by atoms with Crippen LogP contribution in [0.1, 0.15) is 56.9 Å². The molecule has 0 spiro atoms. The van der Waals surface area contributed by atoms with Crippen molar-refractivity contribution in [3.8, 4) is 0 Å². The van der Waals surface area contributed by atoms with Crippen molar-refractivity contribution < 1.29 is 4.92 Å². The Hall–Kier alpha value is -1.97. The minimum Gasteiger partial charge on any atom is -0.288 e. The summed E-state index contributed by atoms with van der Waals surface area (Å²) in [5.41, 5.74) is 4.60. The Morgan fingerprint density at radius 3 is 2.67 bits per heavy atom. The molecule has 0 radical (unpaired) electrons. The van der Waals surface area contributed by atoms with Crippen molar-refractivity contribution in [2.45, 2.75) is 57.4 Å². The molecule has 0 aliphatic heterocycles. The molecule has 0 aromatic heterocycles. The van der Waals surface area contributed by atoms with E-state index >= 15 is 0 Å². The molecule has 4 heteroatoms. The number of hydrogen-bond acceptors (Lipinski definition) is 3. The van der Waals surface area contributed by atoms with Gasteiger partial charge in [-0.05, 0) is 68.6 Å². The summed E-state index contributed by atoms with van der Waals surface area (Å²) in [6.45, 7) is 0. The number of aliphatic imine (C=N–C) groups is 1. The maximum absolute atomic E-state index is 10.8. The molecule has 126 valence electrons. The molecule has 0 saturated heterocycles. The predicted octanol–water partition coefficient (Wildman–Crippen LogP) is 5.07. The average Bonchev–Trinajstić information content (AvgIpc) is 2.60. The molecule has 0 unspecified atom stereocenters. The number of hydrogen-bond donors (Lipinski definition) is 0. The summed E-state index contributed by atoms with van der Waals surface area (Å²) in [5, 5.41) is 10.8. The fourth-order valence-electron chi connectivity index (χ4n) is 4.94. The number of non-ortho nitro benzene ring substituents is 1. The van der Waals surface area contributed by atoms with E-state index in [9.17, 15) is 10.1 Å². The first-order valence-corrected chi connectivity index (χ1v) is 9.21. The predicted molar refractivity (Wildman–Crippen MR) is 95.4 cm³/mol. The monoisotopic (exact) mass is 324 g/mol. The third-order valence-corrected chi connectivity index (χ3v) is 6.07. The van der Waals surface area contributed by atoms with Crippen molar-refractivity contribution in [3.05, 3.63) is 51.1 Å². The van der Waals surface area contributed by atoms with Crippen LogP contribution in [-0.2, 0) is 0 Å². The molecule has 2 bridgehead atoms. The first-order valence-electron chi connectivity index (χ1n) is 9.21. The van der Waals surface area contributed by atoms with Gasteiger partial charge in [-0.15, -0.1) is 0 Å². The number of nitrogens with zero attached hydrogens (tertiary/aromatic N) is 2. The summed E-state index contributed by atoms with van der Waals surface area (Å²) in [7, 11) is 0. The molecule has 4 nitrogen and oxygen atoms in total.